The molecule has 0 aliphatic rings. The monoisotopic (exact) mass is 303 g/mol. The van der Waals surface area contributed by atoms with Gasteiger partial charge in [0.05, 0.1) is 4.90 Å². The molecule has 2 aromatic carbocycles. The van der Waals surface area contributed by atoms with Crippen molar-refractivity contribution >= 4 is 10.0 Å². The summed E-state index contributed by atoms with van der Waals surface area (Å²) in [5, 5.41) is 0. The Morgan fingerprint density at radius 2 is 1.48 bits per heavy atom. The van der Waals surface area contributed by atoms with E-state index < -0.39 is 10.0 Å². The summed E-state index contributed by atoms with van der Waals surface area (Å²) in [4.78, 5) is 0.296. The van der Waals surface area contributed by atoms with Crippen molar-refractivity contribution < 1.29 is 8.42 Å². The van der Waals surface area contributed by atoms with Crippen LogP contribution in [0.2, 0.25) is 0 Å². The van der Waals surface area contributed by atoms with Crippen molar-refractivity contribution in [2.75, 3.05) is 0 Å². The molecule has 0 heterocycles. The van der Waals surface area contributed by atoms with Gasteiger partial charge in [-0.05, 0) is 51.0 Å². The number of benzene rings is 2. The van der Waals surface area contributed by atoms with E-state index in [9.17, 15) is 8.42 Å². The zero-order valence-corrected chi connectivity index (χ0v) is 13.7. The molecule has 0 unspecified atom stereocenters. The molecule has 0 amide bonds. The molecule has 0 saturated heterocycles. The average molecular weight is 303 g/mol. The number of sulfonamides is 1. The lowest BCUT2D eigenvalue weighted by Crippen LogP contribution is -2.27. The molecule has 1 atom stereocenters. The molecule has 112 valence electrons. The van der Waals surface area contributed by atoms with Crippen molar-refractivity contribution in [2.45, 2.75) is 38.6 Å². The largest absolute Gasteiger partial charge is 0.241 e. The van der Waals surface area contributed by atoms with Crippen molar-refractivity contribution in [3.05, 3.63) is 64.7 Å². The van der Waals surface area contributed by atoms with Gasteiger partial charge in [-0.15, -0.1) is 0 Å². The fourth-order valence-electron chi connectivity index (χ4n) is 2.39. The second-order valence-electron chi connectivity index (χ2n) is 5.52. The van der Waals surface area contributed by atoms with Gasteiger partial charge in [-0.2, -0.15) is 0 Å². The van der Waals surface area contributed by atoms with E-state index >= 15 is 0 Å². The van der Waals surface area contributed by atoms with Crippen molar-refractivity contribution in [2.24, 2.45) is 0 Å². The van der Waals surface area contributed by atoms with Gasteiger partial charge in [0, 0.05) is 6.04 Å². The van der Waals surface area contributed by atoms with Crippen LogP contribution < -0.4 is 4.72 Å². The van der Waals surface area contributed by atoms with E-state index in [2.05, 4.69) is 10.8 Å². The number of hydrogen-bond acceptors (Lipinski definition) is 2. The van der Waals surface area contributed by atoms with Gasteiger partial charge >= 0.3 is 0 Å². The molecule has 0 spiro atoms. The Balaban J connectivity index is 2.25. The Bertz CT molecular complexity index is 734. The van der Waals surface area contributed by atoms with Gasteiger partial charge in [0.2, 0.25) is 10.0 Å². The lowest BCUT2D eigenvalue weighted by Gasteiger charge is -2.17. The highest BCUT2D eigenvalue weighted by atomic mass is 32.2. The first-order valence-electron chi connectivity index (χ1n) is 6.96. The summed E-state index contributed by atoms with van der Waals surface area (Å²) in [6, 6.07) is 12.6. The fraction of sp³-hybridized carbons (Fsp3) is 0.294. The van der Waals surface area contributed by atoms with E-state index in [1.165, 1.54) is 5.56 Å². The smallest absolute Gasteiger partial charge is 0.207 e. The maximum Gasteiger partial charge on any atom is 0.241 e. The van der Waals surface area contributed by atoms with E-state index in [4.69, 9.17) is 0 Å². The first-order valence-corrected chi connectivity index (χ1v) is 8.44. The number of nitrogens with one attached hydrogen (secondary N) is 1. The molecular formula is C17H21NO2S. The lowest BCUT2D eigenvalue weighted by atomic mass is 10.0. The number of hydrogen-bond donors (Lipinski definition) is 1. The standard InChI is InChI=1S/C17H21NO2S/c1-12-5-8-16(9-6-12)21(19,20)18-15(4)17-10-7-13(2)11-14(17)3/h5-11,15,18H,1-4H3/t15-/m1/s1. The minimum absolute atomic E-state index is 0.267. The molecule has 0 bridgehead atoms. The molecule has 3 nitrogen and oxygen atoms in total. The Labute approximate surface area is 127 Å². The van der Waals surface area contributed by atoms with Crippen LogP contribution in [0.4, 0.5) is 0 Å². The van der Waals surface area contributed by atoms with Crippen molar-refractivity contribution in [3.8, 4) is 0 Å². The number of aryl methyl sites for hydroxylation is 3. The van der Waals surface area contributed by atoms with Crippen LogP contribution in [0.1, 0.15) is 35.2 Å². The highest BCUT2D eigenvalue weighted by molar-refractivity contribution is 7.89. The third-order valence-corrected chi connectivity index (χ3v) is 5.11. The first kappa shape index (κ1) is 15.7. The minimum atomic E-state index is -3.50. The van der Waals surface area contributed by atoms with Crippen LogP contribution in [-0.2, 0) is 10.0 Å². The molecule has 4 heteroatoms. The van der Waals surface area contributed by atoms with Gasteiger partial charge in [-0.25, -0.2) is 13.1 Å². The van der Waals surface area contributed by atoms with E-state index in [0.29, 0.717) is 4.90 Å². The van der Waals surface area contributed by atoms with Crippen molar-refractivity contribution in [1.82, 2.24) is 4.72 Å². The maximum atomic E-state index is 12.4. The van der Waals surface area contributed by atoms with Gasteiger partial charge in [-0.1, -0.05) is 41.5 Å². The second-order valence-corrected chi connectivity index (χ2v) is 7.23. The Morgan fingerprint density at radius 1 is 0.905 bits per heavy atom. The van der Waals surface area contributed by atoms with Crippen LogP contribution in [0, 0.1) is 20.8 Å². The summed E-state index contributed by atoms with van der Waals surface area (Å²) in [5.41, 5.74) is 4.30. The van der Waals surface area contributed by atoms with Gasteiger partial charge in [-0.3, -0.25) is 0 Å². The lowest BCUT2D eigenvalue weighted by molar-refractivity contribution is 0.566. The summed E-state index contributed by atoms with van der Waals surface area (Å²) in [6.45, 7) is 7.82. The molecular weight excluding hydrogens is 282 g/mol. The van der Waals surface area contributed by atoms with E-state index in [1.807, 2.05) is 39.8 Å². The molecule has 0 aliphatic carbocycles. The predicted octanol–water partition coefficient (Wildman–Crippen LogP) is 3.65. The van der Waals surface area contributed by atoms with Crippen LogP contribution in [-0.4, -0.2) is 8.42 Å². The quantitative estimate of drug-likeness (QED) is 0.937. The molecule has 0 aromatic heterocycles. The zero-order chi connectivity index (χ0) is 15.6. The highest BCUT2D eigenvalue weighted by Gasteiger charge is 2.19. The van der Waals surface area contributed by atoms with Crippen molar-refractivity contribution in [1.29, 1.82) is 0 Å². The average Bonchev–Trinajstić information content (AvgIpc) is 2.38. The molecule has 0 saturated carbocycles. The van der Waals surface area contributed by atoms with Crippen LogP contribution in [0.25, 0.3) is 0 Å². The van der Waals surface area contributed by atoms with Crippen LogP contribution >= 0.6 is 0 Å². The molecule has 21 heavy (non-hydrogen) atoms. The van der Waals surface area contributed by atoms with Gasteiger partial charge < -0.3 is 0 Å². The zero-order valence-electron chi connectivity index (χ0n) is 12.8. The molecule has 1 N–H and O–H groups in total. The third kappa shape index (κ3) is 3.71. The van der Waals surface area contributed by atoms with Crippen LogP contribution in [0.15, 0.2) is 47.4 Å². The summed E-state index contributed by atoms with van der Waals surface area (Å²) in [6.07, 6.45) is 0. The molecule has 0 fully saturated rings. The van der Waals surface area contributed by atoms with Crippen LogP contribution in [0.5, 0.6) is 0 Å². The summed E-state index contributed by atoms with van der Waals surface area (Å²) in [5.74, 6) is 0. The first-order chi connectivity index (χ1) is 9.79. The van der Waals surface area contributed by atoms with Gasteiger partial charge in [0.1, 0.15) is 0 Å². The van der Waals surface area contributed by atoms with Crippen molar-refractivity contribution in [3.63, 3.8) is 0 Å². The molecule has 2 aromatic rings. The van der Waals surface area contributed by atoms with Crippen LogP contribution in [0.3, 0.4) is 0 Å². The second kappa shape index (κ2) is 6.00. The van der Waals surface area contributed by atoms with E-state index in [-0.39, 0.29) is 6.04 Å². The summed E-state index contributed by atoms with van der Waals surface area (Å²) >= 11 is 0. The third-order valence-electron chi connectivity index (χ3n) is 3.56. The van der Waals surface area contributed by atoms with Gasteiger partial charge in [0.15, 0.2) is 0 Å². The number of rotatable bonds is 4. The molecule has 0 radical (unpaired) electrons. The Kier molecular flexibility index (Phi) is 4.49. The van der Waals surface area contributed by atoms with Gasteiger partial charge in [0.25, 0.3) is 0 Å². The molecule has 0 aliphatic heterocycles. The summed E-state index contributed by atoms with van der Waals surface area (Å²) < 4.78 is 27.5. The molecule has 2 rings (SSSR count). The highest BCUT2D eigenvalue weighted by Crippen LogP contribution is 2.21. The van der Waals surface area contributed by atoms with E-state index in [1.54, 1.807) is 24.3 Å². The maximum absolute atomic E-state index is 12.4. The Morgan fingerprint density at radius 3 is 2.05 bits per heavy atom. The normalized spacial score (nSPS) is 13.1. The topological polar surface area (TPSA) is 46.2 Å². The van der Waals surface area contributed by atoms with E-state index in [0.717, 1.165) is 16.7 Å². The Hall–Kier alpha value is -1.65. The summed E-state index contributed by atoms with van der Waals surface area (Å²) in [7, 11) is -3.50. The SMILES string of the molecule is Cc1ccc(S(=O)(=O)N[C@H](C)c2ccc(C)cc2C)cc1. The fourth-order valence-corrected chi connectivity index (χ4v) is 3.62. The minimum Gasteiger partial charge on any atom is -0.207 e. The predicted molar refractivity (Wildman–Crippen MR) is 85.8 cm³/mol.